The monoisotopic (exact) mass is 366 g/mol. The van der Waals surface area contributed by atoms with Gasteiger partial charge in [0.1, 0.15) is 0 Å². The predicted molar refractivity (Wildman–Crippen MR) is 90.2 cm³/mol. The van der Waals surface area contributed by atoms with Crippen molar-refractivity contribution in [3.05, 3.63) is 34.3 Å². The Labute approximate surface area is 140 Å². The summed E-state index contributed by atoms with van der Waals surface area (Å²) in [5, 5.41) is 3.02. The van der Waals surface area contributed by atoms with Gasteiger partial charge >= 0.3 is 0 Å². The molecule has 4 nitrogen and oxygen atoms in total. The Bertz CT molecular complexity index is 559. The maximum Gasteiger partial charge on any atom is 0.225 e. The summed E-state index contributed by atoms with van der Waals surface area (Å²) < 4.78 is 0.991. The molecule has 120 valence electrons. The Kier molecular flexibility index (Phi) is 5.62. The molecule has 5 heteroatoms. The highest BCUT2D eigenvalue weighted by molar-refractivity contribution is 9.10. The smallest absolute Gasteiger partial charge is 0.225 e. The van der Waals surface area contributed by atoms with E-state index in [1.54, 1.807) is 4.90 Å². The maximum atomic E-state index is 12.4. The number of likely N-dealkylation sites (tertiary alicyclic amines) is 1. The van der Waals surface area contributed by atoms with Crippen LogP contribution in [-0.2, 0) is 9.59 Å². The van der Waals surface area contributed by atoms with Crippen LogP contribution in [0, 0.1) is 11.8 Å². The van der Waals surface area contributed by atoms with Gasteiger partial charge in [-0.3, -0.25) is 9.59 Å². The molecule has 1 N–H and O–H groups in total. The molecule has 1 aromatic rings. The number of amides is 2. The molecule has 1 aliphatic heterocycles. The van der Waals surface area contributed by atoms with Crippen LogP contribution in [0.25, 0.3) is 0 Å². The van der Waals surface area contributed by atoms with Gasteiger partial charge in [0.15, 0.2) is 0 Å². The Balaban J connectivity index is 1.94. The molecule has 1 aromatic carbocycles. The third-order valence-electron chi connectivity index (χ3n) is 3.88. The van der Waals surface area contributed by atoms with E-state index in [9.17, 15) is 9.59 Å². The lowest BCUT2D eigenvalue weighted by atomic mass is 10.1. The highest BCUT2D eigenvalue weighted by Crippen LogP contribution is 2.22. The summed E-state index contributed by atoms with van der Waals surface area (Å²) in [4.78, 5) is 26.2. The Morgan fingerprint density at radius 3 is 2.77 bits per heavy atom. The number of hydrogen-bond donors (Lipinski definition) is 1. The fraction of sp³-hybridized carbons (Fsp3) is 0.529. The van der Waals surface area contributed by atoms with Crippen LogP contribution in [-0.4, -0.2) is 29.8 Å². The molecule has 0 aromatic heterocycles. The minimum atomic E-state index is -0.235. The van der Waals surface area contributed by atoms with Crippen molar-refractivity contribution in [2.24, 2.45) is 11.8 Å². The van der Waals surface area contributed by atoms with Crippen LogP contribution in [0.5, 0.6) is 0 Å². The van der Waals surface area contributed by atoms with Gasteiger partial charge in [0, 0.05) is 24.0 Å². The van der Waals surface area contributed by atoms with Crippen LogP contribution >= 0.6 is 15.9 Å². The molecule has 1 heterocycles. The van der Waals surface area contributed by atoms with Crippen molar-refractivity contribution in [1.82, 2.24) is 10.2 Å². The summed E-state index contributed by atoms with van der Waals surface area (Å²) in [6.45, 7) is 7.38. The first-order chi connectivity index (χ1) is 10.4. The van der Waals surface area contributed by atoms with Gasteiger partial charge in [0.25, 0.3) is 0 Å². The lowest BCUT2D eigenvalue weighted by Crippen LogP contribution is -2.35. The van der Waals surface area contributed by atoms with Crippen LogP contribution in [0.4, 0.5) is 0 Å². The number of benzene rings is 1. The molecule has 1 saturated heterocycles. The zero-order chi connectivity index (χ0) is 16.3. The molecule has 2 amide bonds. The van der Waals surface area contributed by atoms with Crippen molar-refractivity contribution in [2.45, 2.75) is 33.2 Å². The van der Waals surface area contributed by atoms with Gasteiger partial charge in [-0.25, -0.2) is 0 Å². The third-order valence-corrected chi connectivity index (χ3v) is 4.37. The molecular formula is C17H23BrN2O2. The van der Waals surface area contributed by atoms with Crippen molar-refractivity contribution >= 4 is 27.7 Å². The highest BCUT2D eigenvalue weighted by atomic mass is 79.9. The Morgan fingerprint density at radius 2 is 2.14 bits per heavy atom. The molecule has 2 atom stereocenters. The summed E-state index contributed by atoms with van der Waals surface area (Å²) >= 11 is 3.44. The van der Waals surface area contributed by atoms with E-state index in [-0.39, 0.29) is 23.8 Å². The van der Waals surface area contributed by atoms with Gasteiger partial charge in [0.2, 0.25) is 11.8 Å². The summed E-state index contributed by atoms with van der Waals surface area (Å²) in [5.41, 5.74) is 1.05. The standard InChI is InChI=1S/C17H23BrN2O2/c1-11(2)9-20-10-14(8-16(20)21)17(22)19-12(3)13-5-4-6-15(18)7-13/h4-7,11-12,14H,8-10H2,1-3H3,(H,19,22). The van der Waals surface area contributed by atoms with Crippen molar-refractivity contribution < 1.29 is 9.59 Å². The molecule has 2 rings (SSSR count). The lowest BCUT2D eigenvalue weighted by Gasteiger charge is -2.20. The molecule has 1 fully saturated rings. The second-order valence-corrected chi connectivity index (χ2v) is 7.29. The van der Waals surface area contributed by atoms with Crippen LogP contribution in [0.1, 0.15) is 38.8 Å². The summed E-state index contributed by atoms with van der Waals surface area (Å²) in [5.74, 6) is 0.239. The molecular weight excluding hydrogens is 344 g/mol. The van der Waals surface area contributed by atoms with E-state index >= 15 is 0 Å². The molecule has 0 saturated carbocycles. The van der Waals surface area contributed by atoms with Crippen molar-refractivity contribution in [1.29, 1.82) is 0 Å². The fourth-order valence-electron chi connectivity index (χ4n) is 2.76. The first-order valence-electron chi connectivity index (χ1n) is 7.70. The van der Waals surface area contributed by atoms with E-state index < -0.39 is 0 Å². The van der Waals surface area contributed by atoms with E-state index in [2.05, 4.69) is 35.1 Å². The number of halogens is 1. The number of carbonyl (C=O) groups excluding carboxylic acids is 2. The van der Waals surface area contributed by atoms with Gasteiger partial charge in [0.05, 0.1) is 12.0 Å². The number of hydrogen-bond acceptors (Lipinski definition) is 2. The predicted octanol–water partition coefficient (Wildman–Crippen LogP) is 3.13. The minimum absolute atomic E-state index is 0.0351. The largest absolute Gasteiger partial charge is 0.349 e. The topological polar surface area (TPSA) is 49.4 Å². The van der Waals surface area contributed by atoms with E-state index in [1.165, 1.54) is 0 Å². The van der Waals surface area contributed by atoms with Gasteiger partial charge in [-0.15, -0.1) is 0 Å². The van der Waals surface area contributed by atoms with Gasteiger partial charge in [-0.2, -0.15) is 0 Å². The van der Waals surface area contributed by atoms with Crippen molar-refractivity contribution in [3.8, 4) is 0 Å². The second kappa shape index (κ2) is 7.27. The van der Waals surface area contributed by atoms with Gasteiger partial charge in [-0.1, -0.05) is 41.9 Å². The Morgan fingerprint density at radius 1 is 1.41 bits per heavy atom. The summed E-state index contributed by atoms with van der Waals surface area (Å²) in [7, 11) is 0. The number of nitrogens with one attached hydrogen (secondary N) is 1. The fourth-order valence-corrected chi connectivity index (χ4v) is 3.17. The summed E-state index contributed by atoms with van der Waals surface area (Å²) in [6.07, 6.45) is 0.323. The normalized spacial score (nSPS) is 19.6. The van der Waals surface area contributed by atoms with E-state index in [1.807, 2.05) is 31.2 Å². The first kappa shape index (κ1) is 17.0. The van der Waals surface area contributed by atoms with Gasteiger partial charge < -0.3 is 10.2 Å². The van der Waals surface area contributed by atoms with Crippen molar-refractivity contribution in [2.75, 3.05) is 13.1 Å². The zero-order valence-electron chi connectivity index (χ0n) is 13.3. The Hall–Kier alpha value is -1.36. The van der Waals surface area contributed by atoms with Crippen LogP contribution in [0.3, 0.4) is 0 Å². The molecule has 1 aliphatic rings. The molecule has 0 spiro atoms. The third kappa shape index (κ3) is 4.32. The SMILES string of the molecule is CC(C)CN1CC(C(=O)NC(C)c2cccc(Br)c2)CC1=O. The molecule has 0 radical (unpaired) electrons. The first-order valence-corrected chi connectivity index (χ1v) is 8.49. The average Bonchev–Trinajstić information content (AvgIpc) is 2.79. The van der Waals surface area contributed by atoms with Crippen molar-refractivity contribution in [3.63, 3.8) is 0 Å². The summed E-state index contributed by atoms with van der Waals surface area (Å²) in [6, 6.07) is 7.82. The molecule has 0 aliphatic carbocycles. The van der Waals surface area contributed by atoms with E-state index in [0.29, 0.717) is 18.9 Å². The van der Waals surface area contributed by atoms with Gasteiger partial charge in [-0.05, 0) is 30.5 Å². The quantitative estimate of drug-likeness (QED) is 0.869. The zero-order valence-corrected chi connectivity index (χ0v) is 14.9. The van der Waals surface area contributed by atoms with E-state index in [4.69, 9.17) is 0 Å². The molecule has 22 heavy (non-hydrogen) atoms. The molecule has 0 bridgehead atoms. The van der Waals surface area contributed by atoms with E-state index in [0.717, 1.165) is 16.6 Å². The van der Waals surface area contributed by atoms with Crippen LogP contribution in [0.15, 0.2) is 28.7 Å². The number of carbonyl (C=O) groups is 2. The lowest BCUT2D eigenvalue weighted by molar-refractivity contribution is -0.129. The number of rotatable bonds is 5. The van der Waals surface area contributed by atoms with Crippen LogP contribution < -0.4 is 5.32 Å². The second-order valence-electron chi connectivity index (χ2n) is 6.38. The highest BCUT2D eigenvalue weighted by Gasteiger charge is 2.34. The average molecular weight is 367 g/mol. The minimum Gasteiger partial charge on any atom is -0.349 e. The van der Waals surface area contributed by atoms with Crippen LogP contribution in [0.2, 0.25) is 0 Å². The maximum absolute atomic E-state index is 12.4. The molecule has 2 unspecified atom stereocenters. The number of nitrogens with zero attached hydrogens (tertiary/aromatic N) is 1.